The van der Waals surface area contributed by atoms with E-state index in [1.54, 1.807) is 13.8 Å². The quantitative estimate of drug-likeness (QED) is 0.551. The normalized spacial score (nSPS) is 11.0. The van der Waals surface area contributed by atoms with E-state index in [0.29, 0.717) is 0 Å². The maximum atomic E-state index is 10.6. The molecule has 0 fully saturated rings. The highest BCUT2D eigenvalue weighted by molar-refractivity contribution is 9.10. The Labute approximate surface area is 65.5 Å². The predicted octanol–water partition coefficient (Wildman–Crippen LogP) is 1.59. The SMILES string of the molecule is CC(C)(Br)C(=O)NBr. The van der Waals surface area contributed by atoms with Gasteiger partial charge in [0, 0.05) is 16.1 Å². The first kappa shape index (κ1) is 8.43. The average molecular weight is 245 g/mol. The number of carbonyl (C=O) groups excluding carboxylic acids is 1. The van der Waals surface area contributed by atoms with Gasteiger partial charge in [0.1, 0.15) is 0 Å². The lowest BCUT2D eigenvalue weighted by Crippen LogP contribution is -2.31. The van der Waals surface area contributed by atoms with Gasteiger partial charge >= 0.3 is 0 Å². The molecular formula is C4H7Br2NO. The van der Waals surface area contributed by atoms with Crippen LogP contribution in [-0.2, 0) is 4.79 Å². The lowest BCUT2D eigenvalue weighted by atomic mass is 10.2. The smallest absolute Gasteiger partial charge is 0.246 e. The molecule has 0 bridgehead atoms. The molecule has 0 unspecified atom stereocenters. The van der Waals surface area contributed by atoms with Crippen molar-refractivity contribution < 1.29 is 4.79 Å². The van der Waals surface area contributed by atoms with Gasteiger partial charge in [-0.2, -0.15) is 0 Å². The van der Waals surface area contributed by atoms with Crippen LogP contribution in [0.15, 0.2) is 0 Å². The molecule has 0 rings (SSSR count). The number of nitrogens with one attached hydrogen (secondary N) is 1. The molecular weight excluding hydrogens is 238 g/mol. The fourth-order valence-electron chi connectivity index (χ4n) is 0.112. The maximum Gasteiger partial charge on any atom is 0.246 e. The Hall–Kier alpha value is 0.430. The molecule has 4 heteroatoms. The number of hydrogen-bond donors (Lipinski definition) is 1. The molecule has 0 radical (unpaired) electrons. The number of alkyl halides is 1. The average Bonchev–Trinajstić information content (AvgIpc) is 1.62. The monoisotopic (exact) mass is 243 g/mol. The number of carbonyl (C=O) groups is 1. The second-order valence-electron chi connectivity index (χ2n) is 1.90. The summed E-state index contributed by atoms with van der Waals surface area (Å²) >= 11 is 5.98. The third kappa shape index (κ3) is 2.67. The van der Waals surface area contributed by atoms with E-state index < -0.39 is 4.32 Å². The zero-order chi connectivity index (χ0) is 6.78. The van der Waals surface area contributed by atoms with E-state index in [2.05, 4.69) is 36.4 Å². The van der Waals surface area contributed by atoms with Crippen LogP contribution in [0.1, 0.15) is 13.8 Å². The lowest BCUT2D eigenvalue weighted by Gasteiger charge is -2.11. The summed E-state index contributed by atoms with van der Waals surface area (Å²) < 4.78 is 1.86. The molecule has 0 spiro atoms. The number of halogens is 2. The zero-order valence-electron chi connectivity index (χ0n) is 4.66. The van der Waals surface area contributed by atoms with Gasteiger partial charge in [-0.05, 0) is 13.8 Å². The lowest BCUT2D eigenvalue weighted by molar-refractivity contribution is -0.120. The summed E-state index contributed by atoms with van der Waals surface area (Å²) in [6.45, 7) is 3.53. The summed E-state index contributed by atoms with van der Waals surface area (Å²) in [4.78, 5) is 10.6. The van der Waals surface area contributed by atoms with Crippen molar-refractivity contribution in [2.75, 3.05) is 0 Å². The topological polar surface area (TPSA) is 29.1 Å². The summed E-state index contributed by atoms with van der Waals surface area (Å²) in [5.74, 6) is -0.0856. The van der Waals surface area contributed by atoms with E-state index >= 15 is 0 Å². The molecule has 0 heterocycles. The Morgan fingerprint density at radius 3 is 2.00 bits per heavy atom. The van der Waals surface area contributed by atoms with Crippen molar-refractivity contribution in [3.05, 3.63) is 0 Å². The second kappa shape index (κ2) is 2.82. The fraction of sp³-hybridized carbons (Fsp3) is 0.750. The van der Waals surface area contributed by atoms with Crippen molar-refractivity contribution in [3.8, 4) is 0 Å². The molecule has 0 atom stereocenters. The van der Waals surface area contributed by atoms with Crippen molar-refractivity contribution in [2.24, 2.45) is 0 Å². The molecule has 0 saturated carbocycles. The van der Waals surface area contributed by atoms with Crippen molar-refractivity contribution >= 4 is 38.0 Å². The molecule has 1 N–H and O–H groups in total. The Kier molecular flexibility index (Phi) is 2.98. The third-order valence-electron chi connectivity index (χ3n) is 0.626. The van der Waals surface area contributed by atoms with Crippen molar-refractivity contribution in [1.82, 2.24) is 4.34 Å². The summed E-state index contributed by atoms with van der Waals surface area (Å²) in [5.41, 5.74) is 0. The van der Waals surface area contributed by atoms with Gasteiger partial charge in [-0.15, -0.1) is 0 Å². The Bertz CT molecular complexity index is 96.7. The van der Waals surface area contributed by atoms with E-state index in [4.69, 9.17) is 0 Å². The highest BCUT2D eigenvalue weighted by atomic mass is 79.9. The van der Waals surface area contributed by atoms with Crippen LogP contribution in [0.3, 0.4) is 0 Å². The summed E-state index contributed by atoms with van der Waals surface area (Å²) in [6, 6.07) is 0. The van der Waals surface area contributed by atoms with Gasteiger partial charge in [0.2, 0.25) is 5.91 Å². The van der Waals surface area contributed by atoms with E-state index in [1.807, 2.05) is 0 Å². The fourth-order valence-corrected chi connectivity index (χ4v) is 0.973. The van der Waals surface area contributed by atoms with Crippen LogP contribution in [-0.4, -0.2) is 10.2 Å². The summed E-state index contributed by atoms with van der Waals surface area (Å²) in [6.07, 6.45) is 0. The minimum Gasteiger partial charge on any atom is -0.291 e. The molecule has 0 aliphatic heterocycles. The van der Waals surface area contributed by atoms with Gasteiger partial charge in [-0.3, -0.25) is 9.14 Å². The molecule has 0 aliphatic carbocycles. The molecule has 48 valence electrons. The molecule has 0 saturated heterocycles. The van der Waals surface area contributed by atoms with Crippen LogP contribution < -0.4 is 4.34 Å². The minimum atomic E-state index is -0.476. The van der Waals surface area contributed by atoms with Crippen LogP contribution in [0.5, 0.6) is 0 Å². The van der Waals surface area contributed by atoms with Gasteiger partial charge in [0.15, 0.2) is 0 Å². The van der Waals surface area contributed by atoms with Crippen molar-refractivity contribution in [2.45, 2.75) is 18.2 Å². The maximum absolute atomic E-state index is 10.6. The van der Waals surface area contributed by atoms with Gasteiger partial charge in [0.25, 0.3) is 0 Å². The largest absolute Gasteiger partial charge is 0.291 e. The Morgan fingerprint density at radius 1 is 1.62 bits per heavy atom. The first-order chi connectivity index (χ1) is 3.48. The highest BCUT2D eigenvalue weighted by Crippen LogP contribution is 2.15. The van der Waals surface area contributed by atoms with Gasteiger partial charge in [0.05, 0.1) is 4.32 Å². The molecule has 8 heavy (non-hydrogen) atoms. The molecule has 0 aromatic carbocycles. The summed E-state index contributed by atoms with van der Waals surface area (Å²) in [7, 11) is 0. The Balaban J connectivity index is 3.82. The second-order valence-corrected chi connectivity index (χ2v) is 4.28. The van der Waals surface area contributed by atoms with Crippen LogP contribution in [0.4, 0.5) is 0 Å². The van der Waals surface area contributed by atoms with E-state index in [9.17, 15) is 4.79 Å². The predicted molar refractivity (Wildman–Crippen MR) is 40.1 cm³/mol. The number of amides is 1. The third-order valence-corrected chi connectivity index (χ3v) is 1.35. The first-order valence-electron chi connectivity index (χ1n) is 2.08. The molecule has 0 aliphatic rings. The molecule has 0 aromatic heterocycles. The van der Waals surface area contributed by atoms with Crippen LogP contribution >= 0.6 is 32.1 Å². The first-order valence-corrected chi connectivity index (χ1v) is 3.67. The van der Waals surface area contributed by atoms with Gasteiger partial charge in [-0.25, -0.2) is 0 Å². The van der Waals surface area contributed by atoms with Crippen molar-refractivity contribution in [3.63, 3.8) is 0 Å². The van der Waals surface area contributed by atoms with Gasteiger partial charge in [-0.1, -0.05) is 15.9 Å². The zero-order valence-corrected chi connectivity index (χ0v) is 7.84. The minimum absolute atomic E-state index is 0.0856. The van der Waals surface area contributed by atoms with Crippen LogP contribution in [0, 0.1) is 0 Å². The van der Waals surface area contributed by atoms with Crippen LogP contribution in [0.25, 0.3) is 0 Å². The summed E-state index contributed by atoms with van der Waals surface area (Å²) in [5, 5.41) is 0. The van der Waals surface area contributed by atoms with Gasteiger partial charge < -0.3 is 0 Å². The number of rotatable bonds is 1. The van der Waals surface area contributed by atoms with E-state index in [0.717, 1.165) is 0 Å². The van der Waals surface area contributed by atoms with E-state index in [-0.39, 0.29) is 5.91 Å². The molecule has 2 nitrogen and oxygen atoms in total. The number of hydrogen-bond acceptors (Lipinski definition) is 1. The van der Waals surface area contributed by atoms with Crippen LogP contribution in [0.2, 0.25) is 0 Å². The highest BCUT2D eigenvalue weighted by Gasteiger charge is 2.21. The Morgan fingerprint density at radius 2 is 2.00 bits per heavy atom. The molecule has 0 aromatic rings. The standard InChI is InChI=1S/C4H7Br2NO/c1-4(2,5)3(8)7-6/h1-2H3,(H,7,8). The van der Waals surface area contributed by atoms with E-state index in [1.165, 1.54) is 0 Å². The molecule has 1 amide bonds. The van der Waals surface area contributed by atoms with Crippen molar-refractivity contribution in [1.29, 1.82) is 0 Å².